The number of aryl methyl sites for hydroxylation is 1. The molecule has 0 bridgehead atoms. The van der Waals surface area contributed by atoms with Crippen LogP contribution in [0.2, 0.25) is 0 Å². The Labute approximate surface area is 271 Å². The van der Waals surface area contributed by atoms with Crippen molar-refractivity contribution in [2.24, 2.45) is 0 Å². The minimum atomic E-state index is -3.31. The molecule has 0 amide bonds. The van der Waals surface area contributed by atoms with E-state index in [1.807, 2.05) is 48.5 Å². The molecule has 7 heteroatoms. The van der Waals surface area contributed by atoms with Crippen molar-refractivity contribution in [1.82, 2.24) is 4.98 Å². The quantitative estimate of drug-likeness (QED) is 0.166. The van der Waals surface area contributed by atoms with Gasteiger partial charge in [0.15, 0.2) is 9.84 Å². The number of pyridine rings is 1. The molecule has 2 aliphatic heterocycles. The van der Waals surface area contributed by atoms with E-state index >= 15 is 0 Å². The Morgan fingerprint density at radius 1 is 0.739 bits per heavy atom. The van der Waals surface area contributed by atoms with E-state index in [0.717, 1.165) is 72.5 Å². The van der Waals surface area contributed by atoms with Gasteiger partial charge in [0.05, 0.1) is 17.2 Å². The number of hydrogen-bond acceptors (Lipinski definition) is 6. The summed E-state index contributed by atoms with van der Waals surface area (Å²) in [5.74, 6) is 1.81. The average molecular weight is 631 g/mol. The third-order valence-electron chi connectivity index (χ3n) is 9.13. The van der Waals surface area contributed by atoms with E-state index in [-0.39, 0.29) is 17.1 Å². The molecule has 0 atom stereocenters. The molecular weight excluding hydrogens is 593 g/mol. The molecule has 7 rings (SSSR count). The zero-order chi connectivity index (χ0) is 31.4. The van der Waals surface area contributed by atoms with Crippen LogP contribution in [0.4, 0.5) is 5.69 Å². The first-order valence-corrected chi connectivity index (χ1v) is 17.8. The summed E-state index contributed by atoms with van der Waals surface area (Å²) < 4.78 is 38.1. The largest absolute Gasteiger partial charge is 0.489 e. The minimum Gasteiger partial charge on any atom is -0.489 e. The predicted octanol–water partition coefficient (Wildman–Crippen LogP) is 7.81. The van der Waals surface area contributed by atoms with Gasteiger partial charge in [-0.05, 0) is 89.2 Å². The Kier molecular flexibility index (Phi) is 8.50. The minimum absolute atomic E-state index is 0.00409. The van der Waals surface area contributed by atoms with Gasteiger partial charge in [-0.3, -0.25) is 4.98 Å². The fourth-order valence-corrected chi connectivity index (χ4v) is 7.95. The fourth-order valence-electron chi connectivity index (χ4n) is 6.53. The second-order valence-electron chi connectivity index (χ2n) is 12.4. The molecule has 1 fully saturated rings. The van der Waals surface area contributed by atoms with E-state index in [9.17, 15) is 8.42 Å². The van der Waals surface area contributed by atoms with Crippen LogP contribution in [0.15, 0.2) is 121 Å². The normalized spacial score (nSPS) is 15.6. The lowest BCUT2D eigenvalue weighted by molar-refractivity contribution is 0.0226. The van der Waals surface area contributed by atoms with Crippen LogP contribution in [0, 0.1) is 0 Å². The number of fused-ring (bicyclic) bond motifs is 1. The fraction of sp³-hybridized carbons (Fsp3) is 0.256. The van der Waals surface area contributed by atoms with Gasteiger partial charge in [0, 0.05) is 37.8 Å². The summed E-state index contributed by atoms with van der Waals surface area (Å²) in [6, 6.07) is 38.3. The molecule has 2 aliphatic rings. The number of aromatic nitrogens is 1. The van der Waals surface area contributed by atoms with Crippen LogP contribution in [0.1, 0.15) is 41.6 Å². The first-order valence-electron chi connectivity index (χ1n) is 16.0. The molecule has 1 aromatic heterocycles. The van der Waals surface area contributed by atoms with Crippen LogP contribution in [0.3, 0.4) is 0 Å². The van der Waals surface area contributed by atoms with Crippen molar-refractivity contribution in [3.63, 3.8) is 0 Å². The maximum atomic E-state index is 12.7. The molecule has 1 saturated heterocycles. The summed E-state index contributed by atoms with van der Waals surface area (Å²) in [7, 11) is -3.31. The van der Waals surface area contributed by atoms with Gasteiger partial charge in [-0.1, -0.05) is 66.7 Å². The van der Waals surface area contributed by atoms with Crippen molar-refractivity contribution in [2.45, 2.75) is 49.4 Å². The molecule has 234 valence electrons. The predicted molar refractivity (Wildman–Crippen MR) is 183 cm³/mol. The molecule has 4 aromatic carbocycles. The number of hydrogen-bond donors (Lipinski definition) is 0. The van der Waals surface area contributed by atoms with E-state index in [4.69, 9.17) is 9.47 Å². The van der Waals surface area contributed by atoms with Gasteiger partial charge >= 0.3 is 0 Å². The summed E-state index contributed by atoms with van der Waals surface area (Å²) in [6.45, 7) is 2.49. The Morgan fingerprint density at radius 2 is 1.48 bits per heavy atom. The third-order valence-corrected chi connectivity index (χ3v) is 10.6. The van der Waals surface area contributed by atoms with E-state index in [2.05, 4.69) is 64.5 Å². The molecule has 0 radical (unpaired) electrons. The summed E-state index contributed by atoms with van der Waals surface area (Å²) >= 11 is 0. The first kappa shape index (κ1) is 30.1. The van der Waals surface area contributed by atoms with Crippen molar-refractivity contribution < 1.29 is 17.9 Å². The van der Waals surface area contributed by atoms with Gasteiger partial charge in [-0.25, -0.2) is 8.42 Å². The van der Waals surface area contributed by atoms with Crippen molar-refractivity contribution in [3.05, 3.63) is 144 Å². The maximum absolute atomic E-state index is 12.7. The van der Waals surface area contributed by atoms with Gasteiger partial charge in [-0.2, -0.15) is 0 Å². The van der Waals surface area contributed by atoms with Crippen LogP contribution in [0.25, 0.3) is 11.1 Å². The lowest BCUT2D eigenvalue weighted by Crippen LogP contribution is -2.49. The van der Waals surface area contributed by atoms with Crippen LogP contribution in [-0.4, -0.2) is 32.1 Å². The number of rotatable bonds is 9. The van der Waals surface area contributed by atoms with E-state index in [1.165, 1.54) is 11.3 Å². The van der Waals surface area contributed by atoms with Crippen molar-refractivity contribution >= 4 is 15.5 Å². The average Bonchev–Trinajstić information content (AvgIpc) is 3.09. The van der Waals surface area contributed by atoms with Gasteiger partial charge in [-0.15, -0.1) is 0 Å². The van der Waals surface area contributed by atoms with Gasteiger partial charge in [0.2, 0.25) is 0 Å². The van der Waals surface area contributed by atoms with Crippen molar-refractivity contribution in [1.29, 1.82) is 0 Å². The van der Waals surface area contributed by atoms with Crippen molar-refractivity contribution in [2.75, 3.05) is 18.0 Å². The molecule has 0 N–H and O–H groups in total. The summed E-state index contributed by atoms with van der Waals surface area (Å²) in [4.78, 5) is 6.60. The Balaban J connectivity index is 0.936. The molecule has 6 nitrogen and oxygen atoms in total. The highest BCUT2D eigenvalue weighted by molar-refractivity contribution is 7.89. The Bertz CT molecular complexity index is 1870. The molecular formula is C39H38N2O4S. The smallest absolute Gasteiger partial charge is 0.160 e. The van der Waals surface area contributed by atoms with Crippen LogP contribution in [0.5, 0.6) is 11.5 Å². The number of ether oxygens (including phenoxy) is 2. The molecule has 0 saturated carbocycles. The van der Waals surface area contributed by atoms with Crippen molar-refractivity contribution in [3.8, 4) is 22.6 Å². The summed E-state index contributed by atoms with van der Waals surface area (Å²) in [5, 5.41) is 0. The molecule has 1 spiro atoms. The first-order chi connectivity index (χ1) is 22.4. The molecule has 5 aromatic rings. The lowest BCUT2D eigenvalue weighted by atomic mass is 9.82. The monoisotopic (exact) mass is 630 g/mol. The van der Waals surface area contributed by atoms with Gasteiger partial charge < -0.3 is 14.4 Å². The zero-order valence-electron chi connectivity index (χ0n) is 25.8. The number of benzene rings is 4. The topological polar surface area (TPSA) is 68.7 Å². The molecule has 0 aliphatic carbocycles. The Hall–Kier alpha value is -4.62. The number of piperidine rings is 1. The van der Waals surface area contributed by atoms with Gasteiger partial charge in [0.25, 0.3) is 0 Å². The number of anilines is 1. The standard InChI is InChI=1S/C39H38N2O4S/c42-46(43,29-35-8-4-5-23-40-35)28-31-9-11-32(12-10-31)33-13-18-38-34(26-33)19-20-39(45-38)21-24-41(25-22-39)36-14-16-37(17-15-36)44-27-30-6-2-1-3-7-30/h1-18,23,26H,19-22,24-25,27-29H2. The highest BCUT2D eigenvalue weighted by Gasteiger charge is 2.39. The van der Waals surface area contributed by atoms with E-state index in [1.54, 1.807) is 18.3 Å². The maximum Gasteiger partial charge on any atom is 0.160 e. The second-order valence-corrected chi connectivity index (χ2v) is 14.5. The second kappa shape index (κ2) is 13.0. The van der Waals surface area contributed by atoms with E-state index in [0.29, 0.717) is 12.3 Å². The molecule has 3 heterocycles. The van der Waals surface area contributed by atoms with Crippen LogP contribution in [-0.2, 0) is 34.4 Å². The highest BCUT2D eigenvalue weighted by atomic mass is 32.2. The SMILES string of the molecule is O=S(=O)(Cc1ccc(-c2ccc3c(c2)CCC2(CCN(c4ccc(OCc5ccccc5)cc4)CC2)O3)cc1)Cc1ccccn1. The highest BCUT2D eigenvalue weighted by Crippen LogP contribution is 2.41. The summed E-state index contributed by atoms with van der Waals surface area (Å²) in [5.41, 5.74) is 7.03. The zero-order valence-corrected chi connectivity index (χ0v) is 26.7. The van der Waals surface area contributed by atoms with E-state index < -0.39 is 9.84 Å². The number of sulfone groups is 1. The molecule has 46 heavy (non-hydrogen) atoms. The van der Waals surface area contributed by atoms with Crippen LogP contribution >= 0.6 is 0 Å². The summed E-state index contributed by atoms with van der Waals surface area (Å²) in [6.07, 6.45) is 5.60. The lowest BCUT2D eigenvalue weighted by Gasteiger charge is -2.45. The number of nitrogens with zero attached hydrogens (tertiary/aromatic N) is 2. The Morgan fingerprint density at radius 3 is 2.22 bits per heavy atom. The third kappa shape index (κ3) is 7.10. The van der Waals surface area contributed by atoms with Gasteiger partial charge in [0.1, 0.15) is 23.7 Å². The van der Waals surface area contributed by atoms with Crippen LogP contribution < -0.4 is 14.4 Å². The molecule has 0 unspecified atom stereocenters.